The van der Waals surface area contributed by atoms with E-state index < -0.39 is 0 Å². The minimum Gasteiger partial charge on any atom is -0.457 e. The number of aliphatic imine (C=N–C) groups is 1. The summed E-state index contributed by atoms with van der Waals surface area (Å²) in [5, 5.41) is 2.82. The molecular weight excluding hydrogens is 460 g/mol. The van der Waals surface area contributed by atoms with E-state index in [1.807, 2.05) is 66.7 Å². The van der Waals surface area contributed by atoms with Gasteiger partial charge in [0.15, 0.2) is 0 Å². The molecule has 4 nitrogen and oxygen atoms in total. The van der Waals surface area contributed by atoms with Crippen LogP contribution in [0.4, 0.5) is 11.4 Å². The van der Waals surface area contributed by atoms with Crippen LogP contribution in [0.2, 0.25) is 0 Å². The number of nitrogens with one attached hydrogen (secondary N) is 1. The molecule has 1 aliphatic rings. The lowest BCUT2D eigenvalue weighted by molar-refractivity contribution is -0.110. The van der Waals surface area contributed by atoms with Gasteiger partial charge in [0.25, 0.3) is 5.91 Å². The van der Waals surface area contributed by atoms with Gasteiger partial charge in [-0.2, -0.15) is 0 Å². The van der Waals surface area contributed by atoms with E-state index in [0.717, 1.165) is 25.9 Å². The summed E-state index contributed by atoms with van der Waals surface area (Å²) >= 11 is 6.83. The van der Waals surface area contributed by atoms with E-state index in [0.29, 0.717) is 17.1 Å². The second kappa shape index (κ2) is 7.05. The third kappa shape index (κ3) is 3.57. The van der Waals surface area contributed by atoms with Gasteiger partial charge in [-0.1, -0.05) is 31.9 Å². The lowest BCUT2D eigenvalue weighted by Gasteiger charge is -2.06. The zero-order valence-corrected chi connectivity index (χ0v) is 16.5. The normalized spacial score (nSPS) is 14.2. The van der Waals surface area contributed by atoms with Crippen molar-refractivity contribution in [2.24, 2.45) is 4.99 Å². The predicted molar refractivity (Wildman–Crippen MR) is 110 cm³/mol. The Labute approximate surface area is 167 Å². The Hall–Kier alpha value is -2.44. The van der Waals surface area contributed by atoms with Gasteiger partial charge in [-0.15, -0.1) is 0 Å². The Morgan fingerprint density at radius 2 is 1.42 bits per heavy atom. The van der Waals surface area contributed by atoms with Gasteiger partial charge in [0.2, 0.25) is 0 Å². The molecule has 0 atom stereocenters. The van der Waals surface area contributed by atoms with Crippen LogP contribution in [0.3, 0.4) is 0 Å². The molecule has 0 saturated carbocycles. The van der Waals surface area contributed by atoms with Crippen LogP contribution < -0.4 is 10.1 Å². The lowest BCUT2D eigenvalue weighted by atomic mass is 10.1. The standard InChI is InChI=1S/C20H12Br2N2O2/c21-12-1-6-15(7-2-12)26-16-8-4-14(5-9-16)23-19-17-11-13(22)3-10-18(17)24-20(19)25/h1-11H,(H,23,24,25). The number of ether oxygens (including phenoxy) is 1. The van der Waals surface area contributed by atoms with Crippen molar-refractivity contribution in [3.8, 4) is 11.5 Å². The molecule has 0 bridgehead atoms. The summed E-state index contributed by atoms with van der Waals surface area (Å²) in [7, 11) is 0. The maximum Gasteiger partial charge on any atom is 0.275 e. The van der Waals surface area contributed by atoms with Crippen LogP contribution in [0.1, 0.15) is 5.56 Å². The number of nitrogens with zero attached hydrogens (tertiary/aromatic N) is 1. The van der Waals surface area contributed by atoms with Crippen LogP contribution in [0.5, 0.6) is 11.5 Å². The van der Waals surface area contributed by atoms with Crippen LogP contribution >= 0.6 is 31.9 Å². The van der Waals surface area contributed by atoms with Gasteiger partial charge in [-0.25, -0.2) is 4.99 Å². The van der Waals surface area contributed by atoms with Gasteiger partial charge in [0, 0.05) is 14.5 Å². The van der Waals surface area contributed by atoms with Crippen molar-refractivity contribution in [2.45, 2.75) is 0 Å². The number of fused-ring (bicyclic) bond motifs is 1. The molecule has 0 radical (unpaired) electrons. The van der Waals surface area contributed by atoms with Gasteiger partial charge in [0.1, 0.15) is 17.2 Å². The number of amides is 1. The van der Waals surface area contributed by atoms with Crippen molar-refractivity contribution in [1.82, 2.24) is 0 Å². The molecule has 0 spiro atoms. The van der Waals surface area contributed by atoms with Crippen molar-refractivity contribution in [1.29, 1.82) is 0 Å². The molecule has 4 rings (SSSR count). The fourth-order valence-electron chi connectivity index (χ4n) is 2.59. The van der Waals surface area contributed by atoms with Crippen molar-refractivity contribution in [3.63, 3.8) is 0 Å². The molecule has 0 unspecified atom stereocenters. The first-order chi connectivity index (χ1) is 12.6. The van der Waals surface area contributed by atoms with Gasteiger partial charge in [-0.05, 0) is 66.7 Å². The molecule has 0 aliphatic carbocycles. The first kappa shape index (κ1) is 17.0. The highest BCUT2D eigenvalue weighted by atomic mass is 79.9. The molecule has 1 heterocycles. The van der Waals surface area contributed by atoms with Crippen LogP contribution in [0.25, 0.3) is 0 Å². The molecule has 0 aromatic heterocycles. The van der Waals surface area contributed by atoms with Gasteiger partial charge in [0.05, 0.1) is 11.4 Å². The van der Waals surface area contributed by atoms with Crippen molar-refractivity contribution in [2.75, 3.05) is 5.32 Å². The zero-order chi connectivity index (χ0) is 18.1. The number of carbonyl (C=O) groups is 1. The highest BCUT2D eigenvalue weighted by molar-refractivity contribution is 9.10. The largest absolute Gasteiger partial charge is 0.457 e. The molecule has 1 N–H and O–H groups in total. The summed E-state index contributed by atoms with van der Waals surface area (Å²) in [5.74, 6) is 1.25. The summed E-state index contributed by atoms with van der Waals surface area (Å²) in [5.41, 5.74) is 2.65. The maximum absolute atomic E-state index is 12.2. The summed E-state index contributed by atoms with van der Waals surface area (Å²) in [6, 6.07) is 20.5. The van der Waals surface area contributed by atoms with Crippen molar-refractivity contribution < 1.29 is 9.53 Å². The van der Waals surface area contributed by atoms with Crippen LogP contribution in [-0.2, 0) is 4.79 Å². The first-order valence-corrected chi connectivity index (χ1v) is 9.40. The molecule has 0 fully saturated rings. The Balaban J connectivity index is 1.58. The van der Waals surface area contributed by atoms with Crippen LogP contribution in [0, 0.1) is 0 Å². The molecule has 0 saturated heterocycles. The second-order valence-corrected chi connectivity index (χ2v) is 7.49. The average Bonchev–Trinajstić information content (AvgIpc) is 2.94. The van der Waals surface area contributed by atoms with E-state index in [9.17, 15) is 4.79 Å². The maximum atomic E-state index is 12.2. The third-order valence-corrected chi connectivity index (χ3v) is 4.85. The summed E-state index contributed by atoms with van der Waals surface area (Å²) < 4.78 is 7.70. The van der Waals surface area contributed by atoms with Gasteiger partial charge < -0.3 is 10.1 Å². The topological polar surface area (TPSA) is 50.7 Å². The summed E-state index contributed by atoms with van der Waals surface area (Å²) in [4.78, 5) is 16.7. The number of hydrogen-bond donors (Lipinski definition) is 1. The first-order valence-electron chi connectivity index (χ1n) is 7.82. The molecular formula is C20H12Br2N2O2. The Bertz CT molecular complexity index is 1010. The average molecular weight is 472 g/mol. The second-order valence-electron chi connectivity index (χ2n) is 5.65. The SMILES string of the molecule is O=C1Nc2ccc(Br)cc2C1=Nc1ccc(Oc2ccc(Br)cc2)cc1. The summed E-state index contributed by atoms with van der Waals surface area (Å²) in [6.07, 6.45) is 0. The van der Waals surface area contributed by atoms with Gasteiger partial charge >= 0.3 is 0 Å². The van der Waals surface area contributed by atoms with Crippen LogP contribution in [0.15, 0.2) is 80.7 Å². The smallest absolute Gasteiger partial charge is 0.275 e. The molecule has 26 heavy (non-hydrogen) atoms. The van der Waals surface area contributed by atoms with Gasteiger partial charge in [-0.3, -0.25) is 4.79 Å². The quantitative estimate of drug-likeness (QED) is 0.503. The fourth-order valence-corrected chi connectivity index (χ4v) is 3.22. The minimum absolute atomic E-state index is 0.201. The Morgan fingerprint density at radius 1 is 0.808 bits per heavy atom. The van der Waals surface area contributed by atoms with Crippen LogP contribution in [-0.4, -0.2) is 11.6 Å². The molecule has 1 aliphatic heterocycles. The Morgan fingerprint density at radius 3 is 2.12 bits per heavy atom. The van der Waals surface area contributed by atoms with E-state index in [1.165, 1.54) is 0 Å². The van der Waals surface area contributed by atoms with E-state index in [2.05, 4.69) is 42.2 Å². The highest BCUT2D eigenvalue weighted by Gasteiger charge is 2.25. The Kier molecular flexibility index (Phi) is 4.61. The fraction of sp³-hybridized carbons (Fsp3) is 0. The van der Waals surface area contributed by atoms with E-state index in [1.54, 1.807) is 0 Å². The number of anilines is 1. The molecule has 128 valence electrons. The van der Waals surface area contributed by atoms with E-state index in [-0.39, 0.29) is 5.91 Å². The molecule has 6 heteroatoms. The number of rotatable bonds is 3. The number of halogens is 2. The van der Waals surface area contributed by atoms with Crippen molar-refractivity contribution in [3.05, 3.63) is 81.2 Å². The summed E-state index contributed by atoms with van der Waals surface area (Å²) in [6.45, 7) is 0. The number of hydrogen-bond acceptors (Lipinski definition) is 3. The zero-order valence-electron chi connectivity index (χ0n) is 13.4. The highest BCUT2D eigenvalue weighted by Crippen LogP contribution is 2.30. The molecule has 1 amide bonds. The van der Waals surface area contributed by atoms with E-state index >= 15 is 0 Å². The number of carbonyl (C=O) groups excluding carboxylic acids is 1. The lowest BCUT2D eigenvalue weighted by Crippen LogP contribution is -2.13. The van der Waals surface area contributed by atoms with E-state index in [4.69, 9.17) is 4.74 Å². The minimum atomic E-state index is -0.201. The molecule has 3 aromatic rings. The number of benzene rings is 3. The predicted octanol–water partition coefficient (Wildman–Crippen LogP) is 6.08. The van der Waals surface area contributed by atoms with Crippen molar-refractivity contribution >= 4 is 54.9 Å². The molecule has 3 aromatic carbocycles. The monoisotopic (exact) mass is 470 g/mol. The third-order valence-electron chi connectivity index (χ3n) is 3.83.